The van der Waals surface area contributed by atoms with E-state index >= 15 is 0 Å². The van der Waals surface area contributed by atoms with E-state index in [2.05, 4.69) is 39.2 Å². The predicted molar refractivity (Wildman–Crippen MR) is 135 cm³/mol. The average Bonchev–Trinajstić information content (AvgIpc) is 3.24. The number of ether oxygens (including phenoxy) is 1. The number of ketones is 1. The van der Waals surface area contributed by atoms with Crippen LogP contribution in [0.15, 0.2) is 36.7 Å². The molecular weight excluding hydrogens is 424 g/mol. The zero-order chi connectivity index (χ0) is 23.5. The van der Waals surface area contributed by atoms with Crippen molar-refractivity contribution in [2.75, 3.05) is 20.2 Å². The lowest BCUT2D eigenvalue weighted by Gasteiger charge is -2.26. The van der Waals surface area contributed by atoms with Gasteiger partial charge in [-0.15, -0.1) is 0 Å². The van der Waals surface area contributed by atoms with Crippen LogP contribution in [0.5, 0.6) is 0 Å². The third kappa shape index (κ3) is 5.08. The van der Waals surface area contributed by atoms with E-state index in [1.165, 1.54) is 49.2 Å². The van der Waals surface area contributed by atoms with Crippen molar-refractivity contribution in [3.05, 3.63) is 48.0 Å². The summed E-state index contributed by atoms with van der Waals surface area (Å²) in [7, 11) is 3.81. The van der Waals surface area contributed by atoms with Crippen molar-refractivity contribution >= 4 is 16.6 Å². The number of fused-ring (bicyclic) bond motifs is 1. The first kappa shape index (κ1) is 23.2. The smallest absolute Gasteiger partial charge is 0.141 e. The van der Waals surface area contributed by atoms with E-state index in [9.17, 15) is 4.79 Å². The van der Waals surface area contributed by atoms with Crippen LogP contribution in [0.4, 0.5) is 0 Å². The van der Waals surface area contributed by atoms with Gasteiger partial charge in [-0.1, -0.05) is 18.6 Å². The Morgan fingerprint density at radius 2 is 1.82 bits per heavy atom. The number of benzene rings is 1. The molecule has 2 aliphatic rings. The Morgan fingerprint density at radius 1 is 1.03 bits per heavy atom. The second-order valence-corrected chi connectivity index (χ2v) is 10.1. The SMILES string of the molecule is COC1CCC(C(=O)Cc2cc3cc(-c4cnn(C)c4CN4CCCCC4)ccc3cn2)CC1. The molecule has 1 aliphatic heterocycles. The number of carbonyl (C=O) groups excluding carboxylic acids is 1. The fourth-order valence-corrected chi connectivity index (χ4v) is 5.61. The lowest BCUT2D eigenvalue weighted by atomic mass is 9.83. The number of nitrogens with zero attached hydrogens (tertiary/aromatic N) is 4. The Balaban J connectivity index is 1.34. The molecule has 0 bridgehead atoms. The normalized spacial score (nSPS) is 21.7. The van der Waals surface area contributed by atoms with Crippen molar-refractivity contribution in [1.29, 1.82) is 0 Å². The Hall–Kier alpha value is -2.57. The molecule has 180 valence electrons. The van der Waals surface area contributed by atoms with Gasteiger partial charge in [-0.05, 0) is 74.7 Å². The number of aryl methyl sites for hydroxylation is 1. The molecule has 0 atom stereocenters. The van der Waals surface area contributed by atoms with Gasteiger partial charge in [0, 0.05) is 55.9 Å². The van der Waals surface area contributed by atoms with Gasteiger partial charge in [-0.3, -0.25) is 19.4 Å². The van der Waals surface area contributed by atoms with E-state index in [1.54, 1.807) is 7.11 Å². The molecule has 1 aliphatic carbocycles. The molecule has 6 heteroatoms. The minimum absolute atomic E-state index is 0.142. The molecule has 2 fully saturated rings. The van der Waals surface area contributed by atoms with Gasteiger partial charge < -0.3 is 4.74 Å². The second-order valence-electron chi connectivity index (χ2n) is 10.1. The first-order chi connectivity index (χ1) is 16.6. The Bertz CT molecular complexity index is 1140. The molecule has 6 nitrogen and oxygen atoms in total. The summed E-state index contributed by atoms with van der Waals surface area (Å²) in [4.78, 5) is 20.1. The summed E-state index contributed by atoms with van der Waals surface area (Å²) in [6.45, 7) is 3.27. The molecule has 0 unspecified atom stereocenters. The maximum Gasteiger partial charge on any atom is 0.141 e. The van der Waals surface area contributed by atoms with Gasteiger partial charge in [0.2, 0.25) is 0 Å². The third-order valence-electron chi connectivity index (χ3n) is 7.79. The molecule has 0 spiro atoms. The number of rotatable bonds is 7. The van der Waals surface area contributed by atoms with Crippen LogP contribution in [-0.2, 0) is 29.5 Å². The zero-order valence-corrected chi connectivity index (χ0v) is 20.5. The molecular formula is C28H36N4O2. The first-order valence-corrected chi connectivity index (χ1v) is 12.8. The quantitative estimate of drug-likeness (QED) is 0.500. The number of methoxy groups -OCH3 is 1. The van der Waals surface area contributed by atoms with E-state index in [0.717, 1.165) is 48.7 Å². The number of likely N-dealkylation sites (tertiary alicyclic amines) is 1. The summed E-state index contributed by atoms with van der Waals surface area (Å²) >= 11 is 0. The van der Waals surface area contributed by atoms with Gasteiger partial charge >= 0.3 is 0 Å². The Morgan fingerprint density at radius 3 is 2.59 bits per heavy atom. The van der Waals surface area contributed by atoms with Crippen LogP contribution in [0.1, 0.15) is 56.3 Å². The highest BCUT2D eigenvalue weighted by molar-refractivity contribution is 5.89. The minimum Gasteiger partial charge on any atom is -0.381 e. The van der Waals surface area contributed by atoms with Gasteiger partial charge in [0.15, 0.2) is 0 Å². The van der Waals surface area contributed by atoms with E-state index in [4.69, 9.17) is 4.74 Å². The molecule has 5 rings (SSSR count). The van der Waals surface area contributed by atoms with Crippen LogP contribution in [0.3, 0.4) is 0 Å². The first-order valence-electron chi connectivity index (χ1n) is 12.8. The summed E-state index contributed by atoms with van der Waals surface area (Å²) in [5.74, 6) is 0.455. The number of hydrogen-bond acceptors (Lipinski definition) is 5. The summed E-state index contributed by atoms with van der Waals surface area (Å²) in [6.07, 6.45) is 12.3. The molecule has 2 aromatic heterocycles. The lowest BCUT2D eigenvalue weighted by Crippen LogP contribution is -2.30. The predicted octanol–water partition coefficient (Wildman–Crippen LogP) is 4.94. The number of aromatic nitrogens is 3. The fourth-order valence-electron chi connectivity index (χ4n) is 5.61. The number of pyridine rings is 1. The van der Waals surface area contributed by atoms with Crippen LogP contribution < -0.4 is 0 Å². The number of hydrogen-bond donors (Lipinski definition) is 0. The molecule has 1 aromatic carbocycles. The maximum absolute atomic E-state index is 12.9. The maximum atomic E-state index is 12.9. The van der Waals surface area contributed by atoms with Crippen molar-refractivity contribution in [2.24, 2.45) is 13.0 Å². The molecule has 3 heterocycles. The molecule has 0 amide bonds. The third-order valence-corrected chi connectivity index (χ3v) is 7.79. The Kier molecular flexibility index (Phi) is 7.07. The van der Waals surface area contributed by atoms with Crippen molar-refractivity contribution in [2.45, 2.75) is 64.0 Å². The van der Waals surface area contributed by atoms with Crippen molar-refractivity contribution in [3.63, 3.8) is 0 Å². The van der Waals surface area contributed by atoms with Gasteiger partial charge in [-0.2, -0.15) is 5.10 Å². The average molecular weight is 461 g/mol. The standard InChI is InChI=1S/C28H36N4O2/c1-31-27(19-32-12-4-3-5-13-32)26(18-30-31)21-6-7-22-17-29-24(15-23(22)14-21)16-28(33)20-8-10-25(34-2)11-9-20/h6-7,14-15,17-18,20,25H,3-5,8-13,16,19H2,1-2H3. The molecule has 0 radical (unpaired) electrons. The number of piperidine rings is 1. The fraction of sp³-hybridized carbons (Fsp3) is 0.536. The van der Waals surface area contributed by atoms with E-state index in [1.807, 2.05) is 24.1 Å². The summed E-state index contributed by atoms with van der Waals surface area (Å²) in [6, 6.07) is 8.62. The summed E-state index contributed by atoms with van der Waals surface area (Å²) in [5.41, 5.74) is 4.49. The number of carbonyl (C=O) groups is 1. The molecule has 3 aromatic rings. The van der Waals surface area contributed by atoms with Crippen molar-refractivity contribution in [1.82, 2.24) is 19.7 Å². The van der Waals surface area contributed by atoms with Crippen molar-refractivity contribution in [3.8, 4) is 11.1 Å². The summed E-state index contributed by atoms with van der Waals surface area (Å²) in [5, 5.41) is 6.81. The second kappa shape index (κ2) is 10.4. The van der Waals surface area contributed by atoms with Crippen molar-refractivity contribution < 1.29 is 9.53 Å². The van der Waals surface area contributed by atoms with Crippen LogP contribution in [-0.4, -0.2) is 51.8 Å². The van der Waals surface area contributed by atoms with Crippen LogP contribution >= 0.6 is 0 Å². The monoisotopic (exact) mass is 460 g/mol. The van der Waals surface area contributed by atoms with Crippen LogP contribution in [0.2, 0.25) is 0 Å². The van der Waals surface area contributed by atoms with Gasteiger partial charge in [-0.25, -0.2) is 0 Å². The highest BCUT2D eigenvalue weighted by Gasteiger charge is 2.26. The molecule has 34 heavy (non-hydrogen) atoms. The Labute approximate surface area is 202 Å². The van der Waals surface area contributed by atoms with Crippen LogP contribution in [0.25, 0.3) is 21.9 Å². The van der Waals surface area contributed by atoms with Gasteiger partial charge in [0.1, 0.15) is 5.78 Å². The van der Waals surface area contributed by atoms with Gasteiger partial charge in [0.05, 0.1) is 18.0 Å². The molecule has 1 saturated heterocycles. The highest BCUT2D eigenvalue weighted by atomic mass is 16.5. The van der Waals surface area contributed by atoms with E-state index in [-0.39, 0.29) is 5.92 Å². The zero-order valence-electron chi connectivity index (χ0n) is 20.5. The number of Topliss-reactive ketones (excluding diaryl/α,β-unsaturated/α-hetero) is 1. The summed E-state index contributed by atoms with van der Waals surface area (Å²) < 4.78 is 7.47. The lowest BCUT2D eigenvalue weighted by molar-refractivity contribution is -0.124. The highest BCUT2D eigenvalue weighted by Crippen LogP contribution is 2.30. The van der Waals surface area contributed by atoms with E-state index in [0.29, 0.717) is 18.3 Å². The largest absolute Gasteiger partial charge is 0.381 e. The van der Waals surface area contributed by atoms with Gasteiger partial charge in [0.25, 0.3) is 0 Å². The minimum atomic E-state index is 0.142. The van der Waals surface area contributed by atoms with E-state index < -0.39 is 0 Å². The van der Waals surface area contributed by atoms with Crippen LogP contribution in [0, 0.1) is 5.92 Å². The topological polar surface area (TPSA) is 60.2 Å². The molecule has 1 saturated carbocycles. The molecule has 0 N–H and O–H groups in total.